The zero-order chi connectivity index (χ0) is 17.0. The van der Waals surface area contributed by atoms with Crippen LogP contribution in [0.1, 0.15) is 59.8 Å². The lowest BCUT2D eigenvalue weighted by Gasteiger charge is -2.25. The Labute approximate surface area is 146 Å². The number of pyridine rings is 1. The van der Waals surface area contributed by atoms with Crippen molar-refractivity contribution >= 4 is 17.0 Å². The van der Waals surface area contributed by atoms with Gasteiger partial charge in [-0.1, -0.05) is 5.16 Å². The van der Waals surface area contributed by atoms with Crippen molar-refractivity contribution < 1.29 is 14.1 Å². The topological polar surface area (TPSA) is 68.5 Å². The predicted octanol–water partition coefficient (Wildman–Crippen LogP) is 3.05. The molecule has 25 heavy (non-hydrogen) atoms. The molecule has 2 aromatic heterocycles. The highest BCUT2D eigenvalue weighted by Gasteiger charge is 2.37. The molecule has 1 atom stereocenters. The number of aryl methyl sites for hydroxylation is 1. The summed E-state index contributed by atoms with van der Waals surface area (Å²) in [4.78, 5) is 20.1. The highest BCUT2D eigenvalue weighted by molar-refractivity contribution is 6.06. The Bertz CT molecular complexity index is 817. The molecule has 1 saturated heterocycles. The maximum absolute atomic E-state index is 13.5. The van der Waals surface area contributed by atoms with E-state index in [9.17, 15) is 4.79 Å². The van der Waals surface area contributed by atoms with Gasteiger partial charge in [0, 0.05) is 36.7 Å². The Morgan fingerprint density at radius 3 is 2.80 bits per heavy atom. The minimum absolute atomic E-state index is 0.106. The van der Waals surface area contributed by atoms with Crippen LogP contribution in [0.4, 0.5) is 0 Å². The van der Waals surface area contributed by atoms with Crippen LogP contribution in [0.2, 0.25) is 0 Å². The molecular formula is C19H23N3O3. The van der Waals surface area contributed by atoms with Crippen LogP contribution >= 0.6 is 0 Å². The lowest BCUT2D eigenvalue weighted by molar-refractivity contribution is 0.0708. The third kappa shape index (κ3) is 2.82. The summed E-state index contributed by atoms with van der Waals surface area (Å²) in [6, 6.07) is 2.37. The average molecular weight is 341 g/mol. The van der Waals surface area contributed by atoms with Crippen molar-refractivity contribution in [2.75, 3.05) is 19.8 Å². The van der Waals surface area contributed by atoms with Crippen LogP contribution in [0.5, 0.6) is 0 Å². The van der Waals surface area contributed by atoms with Gasteiger partial charge >= 0.3 is 0 Å². The molecule has 0 aromatic carbocycles. The number of hydrogen-bond acceptors (Lipinski definition) is 5. The fraction of sp³-hybridized carbons (Fsp3) is 0.632. The first-order chi connectivity index (χ1) is 12.2. The van der Waals surface area contributed by atoms with E-state index < -0.39 is 0 Å². The molecule has 3 heterocycles. The highest BCUT2D eigenvalue weighted by Crippen LogP contribution is 2.41. The van der Waals surface area contributed by atoms with Gasteiger partial charge in [-0.2, -0.15) is 0 Å². The van der Waals surface area contributed by atoms with E-state index >= 15 is 0 Å². The first kappa shape index (κ1) is 15.3. The summed E-state index contributed by atoms with van der Waals surface area (Å²) >= 11 is 0. The Morgan fingerprint density at radius 2 is 2.12 bits per heavy atom. The van der Waals surface area contributed by atoms with Gasteiger partial charge < -0.3 is 14.2 Å². The van der Waals surface area contributed by atoms with Gasteiger partial charge in [-0.3, -0.25) is 4.79 Å². The molecule has 1 aliphatic heterocycles. The largest absolute Gasteiger partial charge is 0.381 e. The minimum atomic E-state index is 0.106. The Balaban J connectivity index is 1.53. The van der Waals surface area contributed by atoms with E-state index in [0.29, 0.717) is 23.6 Å². The number of aromatic nitrogens is 2. The van der Waals surface area contributed by atoms with E-state index in [4.69, 9.17) is 9.26 Å². The monoisotopic (exact) mass is 341 g/mol. The minimum Gasteiger partial charge on any atom is -0.381 e. The van der Waals surface area contributed by atoms with Crippen molar-refractivity contribution in [1.82, 2.24) is 15.0 Å². The van der Waals surface area contributed by atoms with Crippen LogP contribution in [0, 0.1) is 12.8 Å². The molecule has 2 aromatic rings. The van der Waals surface area contributed by atoms with Crippen LogP contribution in [0.25, 0.3) is 11.1 Å². The number of amides is 1. The van der Waals surface area contributed by atoms with Gasteiger partial charge in [0.15, 0.2) is 0 Å². The molecule has 2 saturated carbocycles. The van der Waals surface area contributed by atoms with Crippen LogP contribution in [0.3, 0.4) is 0 Å². The third-order valence-electron chi connectivity index (χ3n) is 5.59. The number of rotatable bonds is 5. The van der Waals surface area contributed by atoms with Crippen molar-refractivity contribution in [3.63, 3.8) is 0 Å². The van der Waals surface area contributed by atoms with Gasteiger partial charge in [0.1, 0.15) is 0 Å². The number of ether oxygens (including phenoxy) is 1. The molecule has 2 aliphatic carbocycles. The van der Waals surface area contributed by atoms with E-state index in [1.807, 2.05) is 13.0 Å². The van der Waals surface area contributed by atoms with Crippen LogP contribution in [0.15, 0.2) is 10.6 Å². The number of nitrogens with zero attached hydrogens (tertiary/aromatic N) is 3. The van der Waals surface area contributed by atoms with Gasteiger partial charge in [0.25, 0.3) is 11.6 Å². The first-order valence-corrected chi connectivity index (χ1v) is 9.36. The molecule has 132 valence electrons. The fourth-order valence-corrected chi connectivity index (χ4v) is 3.81. The maximum Gasteiger partial charge on any atom is 0.259 e. The number of carbonyl (C=O) groups is 1. The zero-order valence-electron chi connectivity index (χ0n) is 14.5. The van der Waals surface area contributed by atoms with Gasteiger partial charge in [0.2, 0.25) is 0 Å². The molecule has 6 heteroatoms. The molecule has 5 rings (SSSR count). The second-order valence-corrected chi connectivity index (χ2v) is 7.74. The average Bonchev–Trinajstić information content (AvgIpc) is 3.55. The van der Waals surface area contributed by atoms with E-state index in [1.165, 1.54) is 0 Å². The summed E-state index contributed by atoms with van der Waals surface area (Å²) in [6.07, 6.45) is 5.54. The van der Waals surface area contributed by atoms with Crippen molar-refractivity contribution in [3.8, 4) is 0 Å². The molecule has 0 spiro atoms. The van der Waals surface area contributed by atoms with Crippen molar-refractivity contribution in [3.05, 3.63) is 23.0 Å². The van der Waals surface area contributed by atoms with Gasteiger partial charge in [0.05, 0.1) is 23.3 Å². The summed E-state index contributed by atoms with van der Waals surface area (Å²) in [5.41, 5.74) is 2.95. The molecule has 6 nitrogen and oxygen atoms in total. The second-order valence-electron chi connectivity index (χ2n) is 7.74. The smallest absolute Gasteiger partial charge is 0.259 e. The first-order valence-electron chi connectivity index (χ1n) is 9.36. The van der Waals surface area contributed by atoms with Crippen molar-refractivity contribution in [1.29, 1.82) is 0 Å². The van der Waals surface area contributed by atoms with E-state index in [1.54, 1.807) is 0 Å². The molecule has 0 unspecified atom stereocenters. The summed E-state index contributed by atoms with van der Waals surface area (Å²) < 4.78 is 10.9. The predicted molar refractivity (Wildman–Crippen MR) is 91.5 cm³/mol. The second kappa shape index (κ2) is 5.80. The van der Waals surface area contributed by atoms with Gasteiger partial charge in [-0.15, -0.1) is 0 Å². The summed E-state index contributed by atoms with van der Waals surface area (Å²) in [7, 11) is 0. The zero-order valence-corrected chi connectivity index (χ0v) is 14.5. The van der Waals surface area contributed by atoms with Crippen LogP contribution in [-0.4, -0.2) is 46.7 Å². The summed E-state index contributed by atoms with van der Waals surface area (Å²) in [5, 5.41) is 4.83. The Hall–Kier alpha value is -1.95. The summed E-state index contributed by atoms with van der Waals surface area (Å²) in [5.74, 6) is 1.03. The molecule has 3 fully saturated rings. The van der Waals surface area contributed by atoms with Crippen LogP contribution in [-0.2, 0) is 4.74 Å². The van der Waals surface area contributed by atoms with Crippen molar-refractivity contribution in [2.24, 2.45) is 5.92 Å². The van der Waals surface area contributed by atoms with Crippen molar-refractivity contribution in [2.45, 2.75) is 51.0 Å². The Kier molecular flexibility index (Phi) is 3.55. The summed E-state index contributed by atoms with van der Waals surface area (Å²) in [6.45, 7) is 4.25. The normalized spacial score (nSPS) is 23.3. The molecule has 3 aliphatic rings. The van der Waals surface area contributed by atoms with E-state index in [0.717, 1.165) is 74.2 Å². The van der Waals surface area contributed by atoms with E-state index in [-0.39, 0.29) is 5.91 Å². The quantitative estimate of drug-likeness (QED) is 0.836. The Morgan fingerprint density at radius 1 is 1.28 bits per heavy atom. The van der Waals surface area contributed by atoms with E-state index in [2.05, 4.69) is 15.0 Å². The number of hydrogen-bond donors (Lipinski definition) is 0. The lowest BCUT2D eigenvalue weighted by atomic mass is 10.0. The van der Waals surface area contributed by atoms with Crippen LogP contribution < -0.4 is 0 Å². The third-order valence-corrected chi connectivity index (χ3v) is 5.59. The SMILES string of the molecule is Cc1noc2nc(C3CC3)cc(C(=O)N(C[C@H]3CCOC3)C3CC3)c12. The van der Waals surface area contributed by atoms with Gasteiger partial charge in [-0.05, 0) is 45.1 Å². The lowest BCUT2D eigenvalue weighted by Crippen LogP contribution is -2.37. The van der Waals surface area contributed by atoms with Gasteiger partial charge in [-0.25, -0.2) is 4.98 Å². The number of fused-ring (bicyclic) bond motifs is 1. The maximum atomic E-state index is 13.5. The highest BCUT2D eigenvalue weighted by atomic mass is 16.5. The standard InChI is InChI=1S/C19H23N3O3/c1-11-17-15(8-16(13-2-3-13)20-18(17)25-21-11)19(23)22(14-4-5-14)9-12-6-7-24-10-12/h8,12-14H,2-7,9-10H2,1H3/t12-/m1/s1. The molecule has 0 N–H and O–H groups in total. The molecule has 0 radical (unpaired) electrons. The fourth-order valence-electron chi connectivity index (χ4n) is 3.81. The molecule has 0 bridgehead atoms. The molecule has 1 amide bonds. The molecular weight excluding hydrogens is 318 g/mol. The number of carbonyl (C=O) groups excluding carboxylic acids is 1.